The van der Waals surface area contributed by atoms with Crippen LogP contribution in [0.3, 0.4) is 0 Å². The molecule has 0 unspecified atom stereocenters. The molecule has 1 amide bonds. The molecule has 6 nitrogen and oxygen atoms in total. The van der Waals surface area contributed by atoms with E-state index in [2.05, 4.69) is 10.3 Å². The second-order valence-corrected chi connectivity index (χ2v) is 9.24. The number of nitrogens with one attached hydrogen (secondary N) is 1. The zero-order valence-electron chi connectivity index (χ0n) is 13.9. The van der Waals surface area contributed by atoms with Gasteiger partial charge in [0.2, 0.25) is 15.9 Å². The molecule has 1 atom stereocenters. The summed E-state index contributed by atoms with van der Waals surface area (Å²) in [5.74, 6) is -0.258. The highest BCUT2D eigenvalue weighted by Crippen LogP contribution is 2.28. The minimum absolute atomic E-state index is 0.0537. The molecule has 2 rings (SSSR count). The van der Waals surface area contributed by atoms with Gasteiger partial charge >= 0.3 is 0 Å². The summed E-state index contributed by atoms with van der Waals surface area (Å²) in [5, 5.41) is 3.14. The molecule has 1 aromatic carbocycles. The first kappa shape index (κ1) is 19.7. The number of pyridine rings is 1. The summed E-state index contributed by atoms with van der Waals surface area (Å²) in [6, 6.07) is 9.83. The monoisotopic (exact) mass is 399 g/mol. The SMILES string of the molecule is C[C@@H](Sc1ccccn1)C(=O)Nc1ccc(Cl)c(S(=O)(=O)N(C)C)c1. The van der Waals surface area contributed by atoms with Crippen molar-refractivity contribution in [1.82, 2.24) is 9.29 Å². The van der Waals surface area contributed by atoms with Gasteiger partial charge in [-0.25, -0.2) is 17.7 Å². The second kappa shape index (κ2) is 8.18. The fourth-order valence-corrected chi connectivity index (χ4v) is 4.07. The molecular formula is C16H18ClN3O3S2. The van der Waals surface area contributed by atoms with Crippen molar-refractivity contribution in [3.05, 3.63) is 47.6 Å². The molecule has 1 N–H and O–H groups in total. The van der Waals surface area contributed by atoms with Gasteiger partial charge in [-0.15, -0.1) is 0 Å². The third-order valence-corrected chi connectivity index (χ3v) is 6.61. The fraction of sp³-hybridized carbons (Fsp3) is 0.250. The minimum Gasteiger partial charge on any atom is -0.325 e. The third-order valence-electron chi connectivity index (χ3n) is 3.26. The summed E-state index contributed by atoms with van der Waals surface area (Å²) in [6.45, 7) is 1.75. The Morgan fingerprint density at radius 2 is 2.00 bits per heavy atom. The number of rotatable bonds is 6. The fourth-order valence-electron chi connectivity index (χ4n) is 1.87. The predicted molar refractivity (Wildman–Crippen MR) is 101 cm³/mol. The average molecular weight is 400 g/mol. The number of carbonyl (C=O) groups is 1. The van der Waals surface area contributed by atoms with Crippen molar-refractivity contribution in [3.63, 3.8) is 0 Å². The summed E-state index contributed by atoms with van der Waals surface area (Å²) in [7, 11) is -0.861. The Hall–Kier alpha value is -1.61. The number of sulfonamides is 1. The molecule has 0 aliphatic heterocycles. The van der Waals surface area contributed by atoms with E-state index in [1.54, 1.807) is 25.3 Å². The quantitative estimate of drug-likeness (QED) is 0.755. The third kappa shape index (κ3) is 4.94. The minimum atomic E-state index is -3.70. The van der Waals surface area contributed by atoms with Gasteiger partial charge in [0.25, 0.3) is 0 Å². The van der Waals surface area contributed by atoms with Crippen LogP contribution in [-0.4, -0.2) is 43.0 Å². The molecule has 0 aliphatic carbocycles. The molecule has 0 radical (unpaired) electrons. The van der Waals surface area contributed by atoms with Crippen LogP contribution in [0.5, 0.6) is 0 Å². The molecular weight excluding hydrogens is 382 g/mol. The van der Waals surface area contributed by atoms with Gasteiger partial charge in [-0.3, -0.25) is 4.79 Å². The van der Waals surface area contributed by atoms with E-state index in [1.165, 1.54) is 38.0 Å². The standard InChI is InChI=1S/C16H18ClN3O3S2/c1-11(24-15-6-4-5-9-18-15)16(21)19-12-7-8-13(17)14(10-12)25(22,23)20(2)3/h4-11H,1-3H3,(H,19,21)/t11-/m1/s1. The number of benzene rings is 1. The maximum absolute atomic E-state index is 12.3. The number of amides is 1. The molecule has 2 aromatic rings. The second-order valence-electron chi connectivity index (χ2n) is 5.35. The van der Waals surface area contributed by atoms with E-state index in [9.17, 15) is 13.2 Å². The van der Waals surface area contributed by atoms with Crippen molar-refractivity contribution in [2.45, 2.75) is 22.1 Å². The van der Waals surface area contributed by atoms with Gasteiger partial charge in [0.05, 0.1) is 15.3 Å². The lowest BCUT2D eigenvalue weighted by Crippen LogP contribution is -2.24. The van der Waals surface area contributed by atoms with Crippen LogP contribution in [0.4, 0.5) is 5.69 Å². The smallest absolute Gasteiger partial charge is 0.244 e. The zero-order chi connectivity index (χ0) is 18.6. The zero-order valence-corrected chi connectivity index (χ0v) is 16.3. The van der Waals surface area contributed by atoms with Crippen molar-refractivity contribution in [2.24, 2.45) is 0 Å². The molecule has 0 bridgehead atoms. The van der Waals surface area contributed by atoms with Crippen LogP contribution in [0, 0.1) is 0 Å². The van der Waals surface area contributed by atoms with Crippen LogP contribution in [0.2, 0.25) is 5.02 Å². The normalized spacial score (nSPS) is 12.8. The molecule has 1 heterocycles. The number of hydrogen-bond acceptors (Lipinski definition) is 5. The molecule has 134 valence electrons. The maximum Gasteiger partial charge on any atom is 0.244 e. The molecule has 9 heteroatoms. The van der Waals surface area contributed by atoms with Gasteiger partial charge in [-0.05, 0) is 37.3 Å². The molecule has 0 fully saturated rings. The van der Waals surface area contributed by atoms with E-state index in [0.717, 1.165) is 9.33 Å². The molecule has 0 spiro atoms. The van der Waals surface area contributed by atoms with Crippen LogP contribution in [-0.2, 0) is 14.8 Å². The van der Waals surface area contributed by atoms with Crippen molar-refractivity contribution >= 4 is 45.0 Å². The first-order valence-corrected chi connectivity index (χ1v) is 10.0. The average Bonchev–Trinajstić information content (AvgIpc) is 2.57. The lowest BCUT2D eigenvalue weighted by Gasteiger charge is -2.15. The molecule has 0 saturated heterocycles. The number of anilines is 1. The molecule has 1 aromatic heterocycles. The number of hydrogen-bond donors (Lipinski definition) is 1. The van der Waals surface area contributed by atoms with Crippen LogP contribution >= 0.6 is 23.4 Å². The Morgan fingerprint density at radius 1 is 1.28 bits per heavy atom. The maximum atomic E-state index is 12.3. The first-order chi connectivity index (χ1) is 11.7. The first-order valence-electron chi connectivity index (χ1n) is 7.32. The Morgan fingerprint density at radius 3 is 2.60 bits per heavy atom. The van der Waals surface area contributed by atoms with Crippen LogP contribution in [0.25, 0.3) is 0 Å². The van der Waals surface area contributed by atoms with E-state index in [-0.39, 0.29) is 15.8 Å². The summed E-state index contributed by atoms with van der Waals surface area (Å²) in [4.78, 5) is 16.5. The van der Waals surface area contributed by atoms with Crippen LogP contribution < -0.4 is 5.32 Å². The van der Waals surface area contributed by atoms with Crippen molar-refractivity contribution in [3.8, 4) is 0 Å². The van der Waals surface area contributed by atoms with E-state index in [0.29, 0.717) is 5.69 Å². The van der Waals surface area contributed by atoms with Gasteiger partial charge in [0.15, 0.2) is 0 Å². The number of halogens is 1. The lowest BCUT2D eigenvalue weighted by atomic mass is 10.3. The van der Waals surface area contributed by atoms with E-state index in [4.69, 9.17) is 11.6 Å². The van der Waals surface area contributed by atoms with Crippen LogP contribution in [0.1, 0.15) is 6.92 Å². The Balaban J connectivity index is 2.16. The van der Waals surface area contributed by atoms with Crippen molar-refractivity contribution < 1.29 is 13.2 Å². The Labute approximate surface area is 156 Å². The highest BCUT2D eigenvalue weighted by atomic mass is 35.5. The topological polar surface area (TPSA) is 79.4 Å². The molecule has 25 heavy (non-hydrogen) atoms. The van der Waals surface area contributed by atoms with Crippen molar-refractivity contribution in [2.75, 3.05) is 19.4 Å². The molecule has 0 saturated carbocycles. The highest BCUT2D eigenvalue weighted by Gasteiger charge is 2.22. The number of aromatic nitrogens is 1. The van der Waals surface area contributed by atoms with Gasteiger partial charge in [0.1, 0.15) is 4.90 Å². The Kier molecular flexibility index (Phi) is 6.45. The number of thioether (sulfide) groups is 1. The predicted octanol–water partition coefficient (Wildman–Crippen LogP) is 3.10. The summed E-state index contributed by atoms with van der Waals surface area (Å²) in [5.41, 5.74) is 0.364. The van der Waals surface area contributed by atoms with Gasteiger partial charge in [0, 0.05) is 26.0 Å². The Bertz CT molecular complexity index is 858. The van der Waals surface area contributed by atoms with Gasteiger partial charge in [-0.2, -0.15) is 0 Å². The van der Waals surface area contributed by atoms with E-state index < -0.39 is 15.3 Å². The number of nitrogens with zero attached hydrogens (tertiary/aromatic N) is 2. The van der Waals surface area contributed by atoms with Gasteiger partial charge < -0.3 is 5.32 Å². The van der Waals surface area contributed by atoms with Crippen LogP contribution in [0.15, 0.2) is 52.5 Å². The molecule has 0 aliphatic rings. The summed E-state index contributed by atoms with van der Waals surface area (Å²) < 4.78 is 25.6. The van der Waals surface area contributed by atoms with E-state index >= 15 is 0 Å². The summed E-state index contributed by atoms with van der Waals surface area (Å²) >= 11 is 7.31. The van der Waals surface area contributed by atoms with E-state index in [1.807, 2.05) is 12.1 Å². The van der Waals surface area contributed by atoms with Gasteiger partial charge in [-0.1, -0.05) is 29.4 Å². The lowest BCUT2D eigenvalue weighted by molar-refractivity contribution is -0.115. The highest BCUT2D eigenvalue weighted by molar-refractivity contribution is 8.00. The van der Waals surface area contributed by atoms with Crippen molar-refractivity contribution in [1.29, 1.82) is 0 Å². The number of carbonyl (C=O) groups excluding carboxylic acids is 1. The summed E-state index contributed by atoms with van der Waals surface area (Å²) in [6.07, 6.45) is 1.66. The largest absolute Gasteiger partial charge is 0.325 e.